The summed E-state index contributed by atoms with van der Waals surface area (Å²) < 4.78 is 18.0. The number of hydrogen-bond acceptors (Lipinski definition) is 7. The van der Waals surface area contributed by atoms with Crippen molar-refractivity contribution in [3.63, 3.8) is 0 Å². The van der Waals surface area contributed by atoms with Gasteiger partial charge in [0.2, 0.25) is 0 Å². The summed E-state index contributed by atoms with van der Waals surface area (Å²) in [4.78, 5) is 30.2. The number of para-hydroxylation sites is 1. The van der Waals surface area contributed by atoms with Gasteiger partial charge in [0.1, 0.15) is 18.0 Å². The minimum absolute atomic E-state index is 0.189. The van der Waals surface area contributed by atoms with Crippen LogP contribution in [0.2, 0.25) is 0 Å². The van der Waals surface area contributed by atoms with Gasteiger partial charge in [-0.2, -0.15) is 5.26 Å². The van der Waals surface area contributed by atoms with Crippen molar-refractivity contribution in [1.82, 2.24) is 9.55 Å². The number of rotatable bonds is 5. The quantitative estimate of drug-likeness (QED) is 0.405. The van der Waals surface area contributed by atoms with Gasteiger partial charge in [-0.05, 0) is 44.4 Å². The maximum absolute atomic E-state index is 13.5. The second-order valence-electron chi connectivity index (χ2n) is 8.77. The highest BCUT2D eigenvalue weighted by Gasteiger charge is 2.41. The molecule has 0 fully saturated rings. The van der Waals surface area contributed by atoms with Crippen LogP contribution in [0.3, 0.4) is 0 Å². The van der Waals surface area contributed by atoms with Crippen molar-refractivity contribution in [1.29, 1.82) is 5.26 Å². The molecular weight excluding hydrogens is 446 g/mol. The molecule has 1 atom stereocenters. The van der Waals surface area contributed by atoms with Gasteiger partial charge in [-0.15, -0.1) is 0 Å². The molecule has 0 aliphatic heterocycles. The Labute approximate surface area is 201 Å². The van der Waals surface area contributed by atoms with Crippen LogP contribution in [0, 0.1) is 18.3 Å². The van der Waals surface area contributed by atoms with E-state index in [-0.39, 0.29) is 25.1 Å². The summed E-state index contributed by atoms with van der Waals surface area (Å²) in [6.07, 6.45) is 1.17. The van der Waals surface area contributed by atoms with Crippen LogP contribution in [0.25, 0.3) is 21.9 Å². The molecule has 2 heterocycles. The minimum Gasteiger partial charge on any atom is -0.493 e. The van der Waals surface area contributed by atoms with Crippen LogP contribution < -0.4 is 10.3 Å². The average Bonchev–Trinajstić information content (AvgIpc) is 3.26. The third-order valence-electron chi connectivity index (χ3n) is 6.84. The smallest absolute Gasteiger partial charge is 0.326 e. The van der Waals surface area contributed by atoms with E-state index in [9.17, 15) is 14.9 Å². The molecule has 1 unspecified atom stereocenters. The maximum Gasteiger partial charge on any atom is 0.326 e. The summed E-state index contributed by atoms with van der Waals surface area (Å²) >= 11 is 0. The van der Waals surface area contributed by atoms with E-state index in [2.05, 4.69) is 11.1 Å². The van der Waals surface area contributed by atoms with E-state index < -0.39 is 11.4 Å². The van der Waals surface area contributed by atoms with Crippen LogP contribution in [-0.4, -0.2) is 29.2 Å². The second kappa shape index (κ2) is 8.58. The van der Waals surface area contributed by atoms with Crippen molar-refractivity contribution in [2.24, 2.45) is 0 Å². The molecule has 0 bridgehead atoms. The minimum atomic E-state index is -0.970. The molecule has 2 aromatic heterocycles. The number of carbonyl (C=O) groups is 1. The van der Waals surface area contributed by atoms with Crippen molar-refractivity contribution in [3.8, 4) is 11.8 Å². The van der Waals surface area contributed by atoms with Gasteiger partial charge in [0.25, 0.3) is 5.56 Å². The molecule has 4 aromatic rings. The van der Waals surface area contributed by atoms with Crippen LogP contribution in [-0.2, 0) is 34.3 Å². The third-order valence-corrected chi connectivity index (χ3v) is 6.84. The van der Waals surface area contributed by atoms with Crippen molar-refractivity contribution in [2.45, 2.75) is 45.1 Å². The fourth-order valence-corrected chi connectivity index (χ4v) is 5.13. The SMILES string of the molecule is CCOC(=O)Cn1c(C)nc2c(c1=O)CC(C#N)(c1ccc(OC)c3oc4ccccc4c13)CC2. The maximum atomic E-state index is 13.5. The lowest BCUT2D eigenvalue weighted by atomic mass is 9.68. The van der Waals surface area contributed by atoms with Gasteiger partial charge in [-0.3, -0.25) is 14.2 Å². The number of benzene rings is 2. The number of nitrogens with zero attached hydrogens (tertiary/aromatic N) is 3. The van der Waals surface area contributed by atoms with E-state index in [0.717, 1.165) is 16.3 Å². The monoisotopic (exact) mass is 471 g/mol. The molecule has 178 valence electrons. The standard InChI is InChI=1S/C27H25N3O5/c1-4-34-23(31)14-30-16(2)29-20-11-12-27(15-28,13-18(20)26(30)32)19-9-10-22(33-3)25-24(19)17-7-5-6-8-21(17)35-25/h5-10H,4,11-14H2,1-3H3. The van der Waals surface area contributed by atoms with Gasteiger partial charge < -0.3 is 13.9 Å². The number of methoxy groups -OCH3 is 1. The first-order chi connectivity index (χ1) is 16.9. The highest BCUT2D eigenvalue weighted by Crippen LogP contribution is 2.45. The summed E-state index contributed by atoms with van der Waals surface area (Å²) in [7, 11) is 1.58. The predicted octanol–water partition coefficient (Wildman–Crippen LogP) is 3.97. The number of hydrogen-bond donors (Lipinski definition) is 0. The largest absolute Gasteiger partial charge is 0.493 e. The summed E-state index contributed by atoms with van der Waals surface area (Å²) in [6, 6.07) is 13.9. The zero-order valence-electron chi connectivity index (χ0n) is 19.9. The molecule has 0 N–H and O–H groups in total. The molecule has 0 amide bonds. The number of nitriles is 1. The molecule has 0 saturated carbocycles. The molecule has 2 aromatic carbocycles. The van der Waals surface area contributed by atoms with E-state index in [0.29, 0.717) is 46.8 Å². The summed E-state index contributed by atoms with van der Waals surface area (Å²) in [5, 5.41) is 12.2. The summed E-state index contributed by atoms with van der Waals surface area (Å²) in [5.41, 5.74) is 1.94. The number of furan rings is 1. The summed E-state index contributed by atoms with van der Waals surface area (Å²) in [5.74, 6) is 0.542. The molecule has 35 heavy (non-hydrogen) atoms. The molecule has 5 rings (SSSR count). The molecule has 0 spiro atoms. The normalized spacial score (nSPS) is 17.2. The first-order valence-electron chi connectivity index (χ1n) is 11.6. The van der Waals surface area contributed by atoms with Gasteiger partial charge in [-0.25, -0.2) is 4.98 Å². The van der Waals surface area contributed by atoms with Crippen LogP contribution in [0.5, 0.6) is 5.75 Å². The van der Waals surface area contributed by atoms with Crippen molar-refractivity contribution < 1.29 is 18.7 Å². The Morgan fingerprint density at radius 1 is 1.29 bits per heavy atom. The zero-order valence-corrected chi connectivity index (χ0v) is 19.9. The number of aryl methyl sites for hydroxylation is 2. The highest BCUT2D eigenvalue weighted by atomic mass is 16.5. The van der Waals surface area contributed by atoms with Crippen molar-refractivity contribution >= 4 is 27.9 Å². The first kappa shape index (κ1) is 22.7. The third kappa shape index (κ3) is 3.55. The van der Waals surface area contributed by atoms with Crippen molar-refractivity contribution in [2.75, 3.05) is 13.7 Å². The Balaban J connectivity index is 1.69. The zero-order chi connectivity index (χ0) is 24.7. The Hall–Kier alpha value is -4.12. The first-order valence-corrected chi connectivity index (χ1v) is 11.6. The number of fused-ring (bicyclic) bond motifs is 4. The lowest BCUT2D eigenvalue weighted by Crippen LogP contribution is -2.40. The van der Waals surface area contributed by atoms with E-state index in [1.54, 1.807) is 27.0 Å². The van der Waals surface area contributed by atoms with Crippen molar-refractivity contribution in [3.05, 3.63) is 69.4 Å². The Morgan fingerprint density at radius 2 is 2.09 bits per heavy atom. The Bertz CT molecular complexity index is 1580. The van der Waals surface area contributed by atoms with Gasteiger partial charge in [0.15, 0.2) is 11.3 Å². The van der Waals surface area contributed by atoms with Crippen LogP contribution >= 0.6 is 0 Å². The van der Waals surface area contributed by atoms with Crippen LogP contribution in [0.15, 0.2) is 45.6 Å². The van der Waals surface area contributed by atoms with Crippen LogP contribution in [0.4, 0.5) is 0 Å². The molecule has 8 nitrogen and oxygen atoms in total. The fraction of sp³-hybridized carbons (Fsp3) is 0.333. The number of aromatic nitrogens is 2. The predicted molar refractivity (Wildman–Crippen MR) is 129 cm³/mol. The number of ether oxygens (including phenoxy) is 2. The second-order valence-corrected chi connectivity index (χ2v) is 8.77. The average molecular weight is 472 g/mol. The van der Waals surface area contributed by atoms with Gasteiger partial charge in [0, 0.05) is 22.8 Å². The molecular formula is C27H25N3O5. The molecule has 1 aliphatic rings. The Kier molecular flexibility index (Phi) is 5.56. The van der Waals surface area contributed by atoms with Gasteiger partial charge in [0.05, 0.1) is 30.9 Å². The molecule has 0 radical (unpaired) electrons. The topological polar surface area (TPSA) is 107 Å². The van der Waals surface area contributed by atoms with E-state index in [1.165, 1.54) is 4.57 Å². The fourth-order valence-electron chi connectivity index (χ4n) is 5.13. The summed E-state index contributed by atoms with van der Waals surface area (Å²) in [6.45, 7) is 3.44. The molecule has 0 saturated heterocycles. The van der Waals surface area contributed by atoms with E-state index >= 15 is 0 Å². The van der Waals surface area contributed by atoms with E-state index in [1.807, 2.05) is 30.3 Å². The molecule has 8 heteroatoms. The van der Waals surface area contributed by atoms with Gasteiger partial charge in [-0.1, -0.05) is 24.3 Å². The van der Waals surface area contributed by atoms with Gasteiger partial charge >= 0.3 is 5.97 Å². The van der Waals surface area contributed by atoms with E-state index in [4.69, 9.17) is 13.9 Å². The highest BCUT2D eigenvalue weighted by molar-refractivity contribution is 6.09. The number of carbonyl (C=O) groups excluding carboxylic acids is 1. The lowest BCUT2D eigenvalue weighted by molar-refractivity contribution is -0.143. The van der Waals surface area contributed by atoms with Crippen LogP contribution in [0.1, 0.15) is 36.0 Å². The Morgan fingerprint density at radius 3 is 2.83 bits per heavy atom. The number of esters is 1. The molecule has 1 aliphatic carbocycles. The lowest BCUT2D eigenvalue weighted by Gasteiger charge is -2.33.